The van der Waals surface area contributed by atoms with Crippen molar-refractivity contribution in [2.45, 2.75) is 12.8 Å². The van der Waals surface area contributed by atoms with E-state index in [1.54, 1.807) is 12.3 Å². The van der Waals surface area contributed by atoms with E-state index in [-0.39, 0.29) is 18.4 Å². The van der Waals surface area contributed by atoms with Crippen LogP contribution in [0, 0.1) is 0 Å². The summed E-state index contributed by atoms with van der Waals surface area (Å²) in [5, 5.41) is 2.83. The zero-order chi connectivity index (χ0) is 12.8. The number of rotatable bonds is 3. The highest BCUT2D eigenvalue weighted by atomic mass is 16.2. The monoisotopic (exact) mass is 247 g/mol. The standard InChI is InChI=1S/C12H17N5O/c13-12(16-10-5-1-2-6-14-10)15-9-11(18)17-7-3-4-8-17/h1-2,5-6H,3-4,7-9H2,(H3,13,14,15,16). The number of anilines is 1. The SMILES string of the molecule is NC(=NCC(=O)N1CCCC1)Nc1ccccn1. The molecule has 0 spiro atoms. The predicted octanol–water partition coefficient (Wildman–Crippen LogP) is 0.431. The van der Waals surface area contributed by atoms with E-state index < -0.39 is 0 Å². The van der Waals surface area contributed by atoms with Gasteiger partial charge in [-0.3, -0.25) is 4.79 Å². The zero-order valence-electron chi connectivity index (χ0n) is 10.2. The van der Waals surface area contributed by atoms with Crippen LogP contribution in [0.4, 0.5) is 5.82 Å². The molecule has 0 unspecified atom stereocenters. The Hall–Kier alpha value is -2.11. The van der Waals surface area contributed by atoms with Gasteiger partial charge in [0.15, 0.2) is 5.96 Å². The largest absolute Gasteiger partial charge is 0.370 e. The third-order valence-corrected chi connectivity index (χ3v) is 2.76. The number of nitrogens with two attached hydrogens (primary N) is 1. The third kappa shape index (κ3) is 3.44. The first kappa shape index (κ1) is 12.3. The van der Waals surface area contributed by atoms with Crippen LogP contribution in [0.1, 0.15) is 12.8 Å². The highest BCUT2D eigenvalue weighted by Gasteiger charge is 2.16. The molecule has 1 fully saturated rings. The summed E-state index contributed by atoms with van der Waals surface area (Å²) in [5.74, 6) is 0.854. The van der Waals surface area contributed by atoms with Gasteiger partial charge in [0.25, 0.3) is 0 Å². The second-order valence-electron chi connectivity index (χ2n) is 4.13. The lowest BCUT2D eigenvalue weighted by atomic mass is 10.4. The summed E-state index contributed by atoms with van der Waals surface area (Å²) in [6.07, 6.45) is 3.82. The van der Waals surface area contributed by atoms with Gasteiger partial charge in [-0.05, 0) is 25.0 Å². The van der Waals surface area contributed by atoms with Crippen LogP contribution in [0.15, 0.2) is 29.4 Å². The molecule has 1 aromatic heterocycles. The van der Waals surface area contributed by atoms with Crippen LogP contribution >= 0.6 is 0 Å². The number of hydrogen-bond donors (Lipinski definition) is 2. The van der Waals surface area contributed by atoms with Crippen LogP contribution in [0.3, 0.4) is 0 Å². The number of carbonyl (C=O) groups is 1. The van der Waals surface area contributed by atoms with Gasteiger partial charge in [-0.1, -0.05) is 6.07 Å². The Kier molecular flexibility index (Phi) is 4.11. The van der Waals surface area contributed by atoms with Crippen LogP contribution in [0.25, 0.3) is 0 Å². The van der Waals surface area contributed by atoms with Crippen LogP contribution in [0.2, 0.25) is 0 Å². The van der Waals surface area contributed by atoms with Crippen molar-refractivity contribution >= 4 is 17.7 Å². The highest BCUT2D eigenvalue weighted by molar-refractivity contribution is 5.93. The minimum atomic E-state index is 0.0262. The molecule has 96 valence electrons. The molecule has 1 aliphatic heterocycles. The van der Waals surface area contributed by atoms with Gasteiger partial charge < -0.3 is 16.0 Å². The number of amides is 1. The van der Waals surface area contributed by atoms with Crippen molar-refractivity contribution in [3.63, 3.8) is 0 Å². The molecule has 1 aliphatic rings. The summed E-state index contributed by atoms with van der Waals surface area (Å²) in [6.45, 7) is 1.76. The molecule has 2 rings (SSSR count). The molecule has 3 N–H and O–H groups in total. The highest BCUT2D eigenvalue weighted by Crippen LogP contribution is 2.07. The quantitative estimate of drug-likeness (QED) is 0.599. The van der Waals surface area contributed by atoms with Gasteiger partial charge in [0, 0.05) is 19.3 Å². The summed E-state index contributed by atoms with van der Waals surface area (Å²) in [6, 6.07) is 5.44. The summed E-state index contributed by atoms with van der Waals surface area (Å²) in [4.78, 5) is 21.6. The minimum absolute atomic E-state index is 0.0262. The Labute approximate surface area is 106 Å². The molecule has 6 heteroatoms. The molecular weight excluding hydrogens is 230 g/mol. The number of carbonyl (C=O) groups excluding carboxylic acids is 1. The molecule has 0 atom stereocenters. The molecule has 0 saturated carbocycles. The number of guanidine groups is 1. The van der Waals surface area contributed by atoms with Crippen molar-refractivity contribution in [3.05, 3.63) is 24.4 Å². The second-order valence-corrected chi connectivity index (χ2v) is 4.13. The second kappa shape index (κ2) is 6.00. The number of nitrogens with one attached hydrogen (secondary N) is 1. The lowest BCUT2D eigenvalue weighted by Crippen LogP contribution is -2.31. The lowest BCUT2D eigenvalue weighted by molar-refractivity contribution is -0.128. The summed E-state index contributed by atoms with van der Waals surface area (Å²) < 4.78 is 0. The first-order chi connectivity index (χ1) is 8.75. The Bertz CT molecular complexity index is 425. The summed E-state index contributed by atoms with van der Waals surface area (Å²) in [7, 11) is 0. The van der Waals surface area contributed by atoms with E-state index in [1.165, 1.54) is 0 Å². The Morgan fingerprint density at radius 1 is 1.44 bits per heavy atom. The fourth-order valence-corrected chi connectivity index (χ4v) is 1.83. The molecule has 1 saturated heterocycles. The lowest BCUT2D eigenvalue weighted by Gasteiger charge is -2.13. The number of pyridine rings is 1. The maximum atomic E-state index is 11.7. The van der Waals surface area contributed by atoms with Gasteiger partial charge in [-0.2, -0.15) is 0 Å². The molecule has 0 radical (unpaired) electrons. The van der Waals surface area contributed by atoms with Crippen molar-refractivity contribution in [3.8, 4) is 0 Å². The Morgan fingerprint density at radius 3 is 2.89 bits per heavy atom. The molecule has 2 heterocycles. The first-order valence-corrected chi connectivity index (χ1v) is 6.01. The van der Waals surface area contributed by atoms with Crippen molar-refractivity contribution < 1.29 is 4.79 Å². The molecular formula is C12H17N5O. The van der Waals surface area contributed by atoms with Crippen molar-refractivity contribution in [1.29, 1.82) is 0 Å². The van der Waals surface area contributed by atoms with E-state index in [9.17, 15) is 4.79 Å². The van der Waals surface area contributed by atoms with Crippen LogP contribution < -0.4 is 11.1 Å². The summed E-state index contributed by atoms with van der Waals surface area (Å²) in [5.41, 5.74) is 5.68. The number of likely N-dealkylation sites (tertiary alicyclic amines) is 1. The Morgan fingerprint density at radius 2 is 2.22 bits per heavy atom. The number of aromatic nitrogens is 1. The van der Waals surface area contributed by atoms with Crippen LogP contribution in [-0.4, -0.2) is 41.4 Å². The van der Waals surface area contributed by atoms with Gasteiger partial charge in [-0.15, -0.1) is 0 Å². The molecule has 1 amide bonds. The van der Waals surface area contributed by atoms with E-state index in [0.717, 1.165) is 25.9 Å². The molecule has 0 aromatic carbocycles. The maximum absolute atomic E-state index is 11.7. The normalized spacial score (nSPS) is 15.8. The van der Waals surface area contributed by atoms with E-state index in [4.69, 9.17) is 5.73 Å². The van der Waals surface area contributed by atoms with E-state index >= 15 is 0 Å². The van der Waals surface area contributed by atoms with Gasteiger partial charge in [0.1, 0.15) is 12.4 Å². The average molecular weight is 247 g/mol. The van der Waals surface area contributed by atoms with Gasteiger partial charge in [0.05, 0.1) is 0 Å². The fourth-order valence-electron chi connectivity index (χ4n) is 1.83. The van der Waals surface area contributed by atoms with Gasteiger partial charge >= 0.3 is 0 Å². The van der Waals surface area contributed by atoms with Crippen molar-refractivity contribution in [2.75, 3.05) is 25.0 Å². The molecule has 0 bridgehead atoms. The van der Waals surface area contributed by atoms with Crippen LogP contribution in [-0.2, 0) is 4.79 Å². The van der Waals surface area contributed by atoms with E-state index in [0.29, 0.717) is 5.82 Å². The van der Waals surface area contributed by atoms with Gasteiger partial charge in [0.2, 0.25) is 5.91 Å². The number of aliphatic imine (C=N–C) groups is 1. The van der Waals surface area contributed by atoms with Gasteiger partial charge in [-0.25, -0.2) is 9.98 Å². The Balaban J connectivity index is 1.83. The topological polar surface area (TPSA) is 83.6 Å². The minimum Gasteiger partial charge on any atom is -0.370 e. The molecule has 0 aliphatic carbocycles. The first-order valence-electron chi connectivity index (χ1n) is 6.01. The number of nitrogens with zero attached hydrogens (tertiary/aromatic N) is 3. The van der Waals surface area contributed by atoms with E-state index in [2.05, 4.69) is 15.3 Å². The maximum Gasteiger partial charge on any atom is 0.244 e. The molecule has 18 heavy (non-hydrogen) atoms. The fraction of sp³-hybridized carbons (Fsp3) is 0.417. The smallest absolute Gasteiger partial charge is 0.244 e. The van der Waals surface area contributed by atoms with Crippen LogP contribution in [0.5, 0.6) is 0 Å². The summed E-state index contributed by atoms with van der Waals surface area (Å²) >= 11 is 0. The zero-order valence-corrected chi connectivity index (χ0v) is 10.2. The number of hydrogen-bond acceptors (Lipinski definition) is 3. The third-order valence-electron chi connectivity index (χ3n) is 2.76. The van der Waals surface area contributed by atoms with Crippen molar-refractivity contribution in [2.24, 2.45) is 10.7 Å². The van der Waals surface area contributed by atoms with E-state index in [1.807, 2.05) is 17.0 Å². The molecule has 1 aromatic rings. The average Bonchev–Trinajstić information content (AvgIpc) is 2.91. The van der Waals surface area contributed by atoms with Crippen molar-refractivity contribution in [1.82, 2.24) is 9.88 Å². The predicted molar refractivity (Wildman–Crippen MR) is 70.2 cm³/mol. The molecule has 6 nitrogen and oxygen atoms in total.